The molecule has 0 saturated carbocycles. The molecule has 0 aliphatic carbocycles. The van der Waals surface area contributed by atoms with Crippen molar-refractivity contribution in [3.8, 4) is 11.5 Å². The molecule has 5 nitrogen and oxygen atoms in total. The molecule has 106 valence electrons. The highest BCUT2D eigenvalue weighted by Gasteiger charge is 2.39. The number of cyclic esters (lactones) is 1. The molecular formula is C13H18ClNO4. The van der Waals surface area contributed by atoms with E-state index in [1.807, 2.05) is 13.8 Å². The Bertz CT molecular complexity index is 476. The number of nitrogens with one attached hydrogen (secondary N) is 1. The number of hydrogen-bond acceptors (Lipinski definition) is 4. The minimum atomic E-state index is -0.436. The van der Waals surface area contributed by atoms with Crippen LogP contribution in [0, 0.1) is 5.41 Å². The van der Waals surface area contributed by atoms with Crippen LogP contribution in [-0.2, 0) is 4.74 Å². The van der Waals surface area contributed by atoms with Gasteiger partial charge in [-0.05, 0) is 12.1 Å². The smallest absolute Gasteiger partial charge is 0.407 e. The maximum atomic E-state index is 11.4. The van der Waals surface area contributed by atoms with Crippen LogP contribution in [-0.4, -0.2) is 24.9 Å². The molecule has 1 aromatic rings. The van der Waals surface area contributed by atoms with E-state index < -0.39 is 6.09 Å². The second-order valence-electron chi connectivity index (χ2n) is 5.07. The van der Waals surface area contributed by atoms with Gasteiger partial charge >= 0.3 is 6.09 Å². The predicted molar refractivity (Wildman–Crippen MR) is 72.9 cm³/mol. The van der Waals surface area contributed by atoms with Crippen molar-refractivity contribution in [2.45, 2.75) is 19.9 Å². The van der Waals surface area contributed by atoms with Crippen LogP contribution in [0.5, 0.6) is 11.5 Å². The molecule has 2 N–H and O–H groups in total. The maximum Gasteiger partial charge on any atom is 0.407 e. The van der Waals surface area contributed by atoms with Gasteiger partial charge in [0.15, 0.2) is 0 Å². The number of rotatable bonds is 2. The number of amides is 1. The number of phenols is 1. The van der Waals surface area contributed by atoms with Gasteiger partial charge in [-0.3, -0.25) is 0 Å². The molecule has 0 bridgehead atoms. The summed E-state index contributed by atoms with van der Waals surface area (Å²) in [5.74, 6) is 0.682. The van der Waals surface area contributed by atoms with Gasteiger partial charge in [-0.25, -0.2) is 4.79 Å². The number of ether oxygens (including phenoxy) is 2. The van der Waals surface area contributed by atoms with Gasteiger partial charge in [0.1, 0.15) is 18.1 Å². The quantitative estimate of drug-likeness (QED) is 0.877. The molecule has 0 aromatic heterocycles. The molecule has 6 heteroatoms. The topological polar surface area (TPSA) is 67.8 Å². The molecule has 1 amide bonds. The summed E-state index contributed by atoms with van der Waals surface area (Å²) in [5.41, 5.74) is 0.579. The first kappa shape index (κ1) is 15.4. The third kappa shape index (κ3) is 3.04. The Morgan fingerprint density at radius 2 is 2.16 bits per heavy atom. The molecule has 1 aliphatic heterocycles. The lowest BCUT2D eigenvalue weighted by molar-refractivity contribution is 0.0381. The van der Waals surface area contributed by atoms with E-state index in [9.17, 15) is 9.90 Å². The van der Waals surface area contributed by atoms with Crippen LogP contribution < -0.4 is 10.1 Å². The van der Waals surface area contributed by atoms with E-state index in [0.29, 0.717) is 12.4 Å². The van der Waals surface area contributed by atoms with E-state index >= 15 is 0 Å². The van der Waals surface area contributed by atoms with Crippen molar-refractivity contribution in [3.05, 3.63) is 23.8 Å². The fourth-order valence-corrected chi connectivity index (χ4v) is 2.13. The Balaban J connectivity index is 0.00000180. The number of aromatic hydroxyl groups is 1. The van der Waals surface area contributed by atoms with Crippen molar-refractivity contribution in [3.63, 3.8) is 0 Å². The first-order valence-electron chi connectivity index (χ1n) is 5.74. The van der Waals surface area contributed by atoms with Gasteiger partial charge in [-0.1, -0.05) is 13.8 Å². The van der Waals surface area contributed by atoms with Crippen LogP contribution >= 0.6 is 12.4 Å². The van der Waals surface area contributed by atoms with Crippen LogP contribution in [0.4, 0.5) is 4.79 Å². The van der Waals surface area contributed by atoms with Crippen molar-refractivity contribution >= 4 is 18.5 Å². The summed E-state index contributed by atoms with van der Waals surface area (Å²) >= 11 is 0. The highest BCUT2D eigenvalue weighted by Crippen LogP contribution is 2.41. The minimum Gasteiger partial charge on any atom is -0.508 e. The summed E-state index contributed by atoms with van der Waals surface area (Å²) in [7, 11) is 1.53. The second kappa shape index (κ2) is 5.57. The van der Waals surface area contributed by atoms with Crippen molar-refractivity contribution in [1.29, 1.82) is 0 Å². The van der Waals surface area contributed by atoms with Gasteiger partial charge in [0.05, 0.1) is 13.2 Å². The third-order valence-electron chi connectivity index (χ3n) is 3.15. The molecular weight excluding hydrogens is 270 g/mol. The van der Waals surface area contributed by atoms with Crippen molar-refractivity contribution in [2.24, 2.45) is 5.41 Å². The summed E-state index contributed by atoms with van der Waals surface area (Å²) in [6.45, 7) is 4.35. The third-order valence-corrected chi connectivity index (χ3v) is 3.15. The predicted octanol–water partition coefficient (Wildman–Crippen LogP) is 2.63. The van der Waals surface area contributed by atoms with Gasteiger partial charge in [-0.2, -0.15) is 0 Å². The number of halogens is 1. The van der Waals surface area contributed by atoms with Crippen LogP contribution in [0.2, 0.25) is 0 Å². The zero-order valence-electron chi connectivity index (χ0n) is 11.1. The lowest BCUT2D eigenvalue weighted by atomic mass is 9.80. The summed E-state index contributed by atoms with van der Waals surface area (Å²) in [4.78, 5) is 11.4. The molecule has 0 spiro atoms. The molecule has 1 saturated heterocycles. The number of hydrogen-bond donors (Lipinski definition) is 2. The summed E-state index contributed by atoms with van der Waals surface area (Å²) in [6.07, 6.45) is -0.436. The summed E-state index contributed by atoms with van der Waals surface area (Å²) in [5, 5.41) is 12.3. The molecule has 19 heavy (non-hydrogen) atoms. The monoisotopic (exact) mass is 287 g/mol. The fraction of sp³-hybridized carbons (Fsp3) is 0.462. The Morgan fingerprint density at radius 1 is 1.47 bits per heavy atom. The maximum absolute atomic E-state index is 11.4. The molecule has 2 rings (SSSR count). The van der Waals surface area contributed by atoms with E-state index in [1.54, 1.807) is 12.1 Å². The summed E-state index contributed by atoms with van der Waals surface area (Å²) < 4.78 is 10.3. The number of phenolic OH excluding ortho intramolecular Hbond substituents is 1. The van der Waals surface area contributed by atoms with Crippen molar-refractivity contribution < 1.29 is 19.4 Å². The van der Waals surface area contributed by atoms with Gasteiger partial charge in [-0.15, -0.1) is 12.4 Å². The van der Waals surface area contributed by atoms with E-state index in [1.165, 1.54) is 13.2 Å². The molecule has 1 atom stereocenters. The largest absolute Gasteiger partial charge is 0.508 e. The normalized spacial score (nSPS) is 20.8. The highest BCUT2D eigenvalue weighted by atomic mass is 35.5. The number of alkyl carbamates (subject to hydrolysis) is 1. The van der Waals surface area contributed by atoms with E-state index in [4.69, 9.17) is 9.47 Å². The SMILES string of the molecule is COc1cc(O)ccc1[C@@H]1NC(=O)OCC1(C)C.Cl. The van der Waals surface area contributed by atoms with E-state index in [2.05, 4.69) is 5.32 Å². The first-order chi connectivity index (χ1) is 8.44. The molecule has 1 aliphatic rings. The molecule has 0 radical (unpaired) electrons. The van der Waals surface area contributed by atoms with Crippen LogP contribution in [0.15, 0.2) is 18.2 Å². The van der Waals surface area contributed by atoms with Gasteiger partial charge in [0.2, 0.25) is 0 Å². The zero-order valence-corrected chi connectivity index (χ0v) is 11.9. The Labute approximate surface area is 118 Å². The van der Waals surface area contributed by atoms with Gasteiger partial charge < -0.3 is 19.9 Å². The highest BCUT2D eigenvalue weighted by molar-refractivity contribution is 5.85. The minimum absolute atomic E-state index is 0. The number of carbonyl (C=O) groups is 1. The van der Waals surface area contributed by atoms with Gasteiger partial charge in [0, 0.05) is 17.0 Å². The summed E-state index contributed by atoms with van der Waals surface area (Å²) in [6, 6.07) is 4.66. The molecule has 1 heterocycles. The lowest BCUT2D eigenvalue weighted by Gasteiger charge is -2.39. The first-order valence-corrected chi connectivity index (χ1v) is 5.74. The number of methoxy groups -OCH3 is 1. The Hall–Kier alpha value is -1.62. The molecule has 1 fully saturated rings. The van der Waals surface area contributed by atoms with Gasteiger partial charge in [0.25, 0.3) is 0 Å². The zero-order chi connectivity index (χ0) is 13.3. The average molecular weight is 288 g/mol. The van der Waals surface area contributed by atoms with Crippen LogP contribution in [0.25, 0.3) is 0 Å². The fourth-order valence-electron chi connectivity index (χ4n) is 2.13. The Kier molecular flexibility index (Phi) is 4.52. The lowest BCUT2D eigenvalue weighted by Crippen LogP contribution is -2.47. The number of carbonyl (C=O) groups excluding carboxylic acids is 1. The number of benzene rings is 1. The van der Waals surface area contributed by atoms with Crippen LogP contribution in [0.3, 0.4) is 0 Å². The van der Waals surface area contributed by atoms with E-state index in [-0.39, 0.29) is 29.6 Å². The van der Waals surface area contributed by atoms with E-state index in [0.717, 1.165) is 5.56 Å². The van der Waals surface area contributed by atoms with Crippen LogP contribution in [0.1, 0.15) is 25.5 Å². The van der Waals surface area contributed by atoms with Crippen molar-refractivity contribution in [2.75, 3.05) is 13.7 Å². The standard InChI is InChI=1S/C13H17NO4.ClH/c1-13(2)7-18-12(16)14-11(13)9-5-4-8(15)6-10(9)17-3;/h4-6,11,15H,7H2,1-3H3,(H,14,16);1H/t11-;/m0./s1. The molecule has 0 unspecified atom stereocenters. The average Bonchev–Trinajstić information content (AvgIpc) is 2.32. The Morgan fingerprint density at radius 3 is 2.79 bits per heavy atom. The van der Waals surface area contributed by atoms with Crippen molar-refractivity contribution in [1.82, 2.24) is 5.32 Å². The second-order valence-corrected chi connectivity index (χ2v) is 5.07. The molecule has 1 aromatic carbocycles.